The Balaban J connectivity index is 2.11. The van der Waals surface area contributed by atoms with Gasteiger partial charge in [0.05, 0.1) is 5.69 Å². The van der Waals surface area contributed by atoms with Crippen LogP contribution in [0.4, 0.5) is 0 Å². The van der Waals surface area contributed by atoms with Crippen molar-refractivity contribution in [1.82, 2.24) is 15.3 Å². The molecule has 1 N–H and O–H groups in total. The summed E-state index contributed by atoms with van der Waals surface area (Å²) in [5, 5.41) is 2.95. The van der Waals surface area contributed by atoms with Gasteiger partial charge in [0.15, 0.2) is 0 Å². The second-order valence-electron chi connectivity index (χ2n) is 5.12. The Kier molecular flexibility index (Phi) is 4.82. The Morgan fingerprint density at radius 1 is 1.20 bits per heavy atom. The van der Waals surface area contributed by atoms with Gasteiger partial charge in [0.2, 0.25) is 5.91 Å². The van der Waals surface area contributed by atoms with E-state index in [1.54, 1.807) is 18.6 Å². The third-order valence-corrected chi connectivity index (χ3v) is 2.91. The zero-order valence-corrected chi connectivity index (χ0v) is 11.8. The molecule has 0 saturated heterocycles. The van der Waals surface area contributed by atoms with Crippen LogP contribution >= 0.6 is 0 Å². The van der Waals surface area contributed by atoms with Gasteiger partial charge in [0.1, 0.15) is 0 Å². The number of amides is 1. The van der Waals surface area contributed by atoms with Gasteiger partial charge in [-0.05, 0) is 29.7 Å². The fourth-order valence-electron chi connectivity index (χ4n) is 1.99. The van der Waals surface area contributed by atoms with Crippen molar-refractivity contribution in [1.29, 1.82) is 0 Å². The van der Waals surface area contributed by atoms with E-state index in [0.29, 0.717) is 18.9 Å². The number of rotatable bonds is 5. The molecule has 0 unspecified atom stereocenters. The maximum atomic E-state index is 11.7. The molecule has 0 fully saturated rings. The molecule has 0 spiro atoms. The minimum atomic E-state index is 0.0736. The molecule has 0 saturated carbocycles. The van der Waals surface area contributed by atoms with E-state index in [1.165, 1.54) is 0 Å². The summed E-state index contributed by atoms with van der Waals surface area (Å²) in [7, 11) is 0. The van der Waals surface area contributed by atoms with Gasteiger partial charge in [-0.3, -0.25) is 14.8 Å². The lowest BCUT2D eigenvalue weighted by molar-refractivity contribution is -0.121. The summed E-state index contributed by atoms with van der Waals surface area (Å²) in [6, 6.07) is 7.70. The number of carbonyl (C=O) groups is 1. The van der Waals surface area contributed by atoms with Crippen LogP contribution in [-0.4, -0.2) is 15.9 Å². The van der Waals surface area contributed by atoms with E-state index in [-0.39, 0.29) is 5.91 Å². The molecule has 0 aromatic carbocycles. The first-order chi connectivity index (χ1) is 9.66. The van der Waals surface area contributed by atoms with E-state index >= 15 is 0 Å². The predicted molar refractivity (Wildman–Crippen MR) is 78.8 cm³/mol. The highest BCUT2D eigenvalue weighted by Gasteiger charge is 2.08. The Hall–Kier alpha value is -2.23. The van der Waals surface area contributed by atoms with Gasteiger partial charge in [-0.2, -0.15) is 0 Å². The molecule has 1 amide bonds. The molecule has 0 bridgehead atoms. The highest BCUT2D eigenvalue weighted by Crippen LogP contribution is 2.20. The van der Waals surface area contributed by atoms with Crippen molar-refractivity contribution < 1.29 is 4.79 Å². The summed E-state index contributed by atoms with van der Waals surface area (Å²) in [5.41, 5.74) is 2.91. The summed E-state index contributed by atoms with van der Waals surface area (Å²) in [4.78, 5) is 20.2. The summed E-state index contributed by atoms with van der Waals surface area (Å²) in [6.45, 7) is 4.56. The van der Waals surface area contributed by atoms with E-state index in [9.17, 15) is 4.79 Å². The van der Waals surface area contributed by atoms with Crippen molar-refractivity contribution in [2.75, 3.05) is 0 Å². The molecule has 4 heteroatoms. The van der Waals surface area contributed by atoms with Crippen LogP contribution < -0.4 is 5.32 Å². The number of nitrogens with one attached hydrogen (secondary N) is 1. The van der Waals surface area contributed by atoms with Crippen LogP contribution in [0.3, 0.4) is 0 Å². The number of hydrogen-bond acceptors (Lipinski definition) is 3. The van der Waals surface area contributed by atoms with Crippen molar-refractivity contribution in [3.05, 3.63) is 48.4 Å². The molecule has 0 aliphatic rings. The third kappa shape index (κ3) is 3.88. The van der Waals surface area contributed by atoms with Crippen molar-refractivity contribution in [2.24, 2.45) is 5.92 Å². The summed E-state index contributed by atoms with van der Waals surface area (Å²) < 4.78 is 0. The van der Waals surface area contributed by atoms with Gasteiger partial charge >= 0.3 is 0 Å². The van der Waals surface area contributed by atoms with Gasteiger partial charge in [0.25, 0.3) is 0 Å². The van der Waals surface area contributed by atoms with Gasteiger partial charge in [-0.25, -0.2) is 0 Å². The molecule has 0 aliphatic heterocycles. The zero-order chi connectivity index (χ0) is 14.4. The van der Waals surface area contributed by atoms with Crippen LogP contribution in [0.1, 0.15) is 25.8 Å². The van der Waals surface area contributed by atoms with Crippen LogP contribution in [0.2, 0.25) is 0 Å². The van der Waals surface area contributed by atoms with Crippen molar-refractivity contribution in [2.45, 2.75) is 26.8 Å². The van der Waals surface area contributed by atoms with Crippen molar-refractivity contribution in [3.8, 4) is 11.3 Å². The number of nitrogens with zero attached hydrogens (tertiary/aromatic N) is 2. The van der Waals surface area contributed by atoms with Crippen LogP contribution in [0, 0.1) is 5.92 Å². The van der Waals surface area contributed by atoms with Crippen LogP contribution in [-0.2, 0) is 11.3 Å². The predicted octanol–water partition coefficient (Wildman–Crippen LogP) is 2.81. The van der Waals surface area contributed by atoms with Gasteiger partial charge in [0, 0.05) is 37.1 Å². The van der Waals surface area contributed by atoms with Crippen LogP contribution in [0.5, 0.6) is 0 Å². The van der Waals surface area contributed by atoms with Crippen molar-refractivity contribution in [3.63, 3.8) is 0 Å². The summed E-state index contributed by atoms with van der Waals surface area (Å²) >= 11 is 0. The monoisotopic (exact) mass is 269 g/mol. The first-order valence-corrected chi connectivity index (χ1v) is 6.78. The number of aromatic nitrogens is 2. The maximum absolute atomic E-state index is 11.7. The molecule has 2 aromatic heterocycles. The lowest BCUT2D eigenvalue weighted by atomic mass is 10.1. The SMILES string of the molecule is CC(C)CC(=O)NCc1cccnc1-c1ccncc1. The van der Waals surface area contributed by atoms with Gasteiger partial charge in [-0.15, -0.1) is 0 Å². The Labute approximate surface area is 119 Å². The second kappa shape index (κ2) is 6.80. The van der Waals surface area contributed by atoms with Crippen LogP contribution in [0.25, 0.3) is 11.3 Å². The van der Waals surface area contributed by atoms with Gasteiger partial charge in [-0.1, -0.05) is 19.9 Å². The second-order valence-corrected chi connectivity index (χ2v) is 5.12. The molecular weight excluding hydrogens is 250 g/mol. The summed E-state index contributed by atoms with van der Waals surface area (Å²) in [6.07, 6.45) is 5.79. The molecule has 4 nitrogen and oxygen atoms in total. The zero-order valence-electron chi connectivity index (χ0n) is 11.8. The lowest BCUT2D eigenvalue weighted by Crippen LogP contribution is -2.24. The van der Waals surface area contributed by atoms with Gasteiger partial charge < -0.3 is 5.32 Å². The Bertz CT molecular complexity index is 567. The molecular formula is C16H19N3O. The molecule has 20 heavy (non-hydrogen) atoms. The van der Waals surface area contributed by atoms with E-state index < -0.39 is 0 Å². The maximum Gasteiger partial charge on any atom is 0.220 e. The van der Waals surface area contributed by atoms with Crippen LogP contribution in [0.15, 0.2) is 42.9 Å². The minimum Gasteiger partial charge on any atom is -0.352 e. The molecule has 0 aliphatic carbocycles. The van der Waals surface area contributed by atoms with E-state index in [1.807, 2.05) is 38.1 Å². The highest BCUT2D eigenvalue weighted by molar-refractivity contribution is 5.76. The molecule has 2 rings (SSSR count). The largest absolute Gasteiger partial charge is 0.352 e. The molecule has 2 heterocycles. The Morgan fingerprint density at radius 2 is 1.95 bits per heavy atom. The molecule has 0 atom stereocenters. The third-order valence-electron chi connectivity index (χ3n) is 2.91. The van der Waals surface area contributed by atoms with E-state index in [2.05, 4.69) is 15.3 Å². The minimum absolute atomic E-state index is 0.0736. The fourth-order valence-corrected chi connectivity index (χ4v) is 1.99. The lowest BCUT2D eigenvalue weighted by Gasteiger charge is -2.10. The number of carbonyl (C=O) groups excluding carboxylic acids is 1. The van der Waals surface area contributed by atoms with Crippen molar-refractivity contribution >= 4 is 5.91 Å². The topological polar surface area (TPSA) is 54.9 Å². The number of pyridine rings is 2. The average Bonchev–Trinajstić information content (AvgIpc) is 2.46. The normalized spacial score (nSPS) is 10.6. The smallest absolute Gasteiger partial charge is 0.220 e. The molecule has 2 aromatic rings. The highest BCUT2D eigenvalue weighted by atomic mass is 16.1. The standard InChI is InChI=1S/C16H19N3O/c1-12(2)10-15(20)19-11-14-4-3-7-18-16(14)13-5-8-17-9-6-13/h3-9,12H,10-11H2,1-2H3,(H,19,20). The number of hydrogen-bond donors (Lipinski definition) is 1. The van der Waals surface area contributed by atoms with E-state index in [4.69, 9.17) is 0 Å². The fraction of sp³-hybridized carbons (Fsp3) is 0.312. The first kappa shape index (κ1) is 14.2. The average molecular weight is 269 g/mol. The molecule has 0 radical (unpaired) electrons. The quantitative estimate of drug-likeness (QED) is 0.908. The first-order valence-electron chi connectivity index (χ1n) is 6.78. The molecule has 104 valence electrons. The van der Waals surface area contributed by atoms with E-state index in [0.717, 1.165) is 16.8 Å². The summed E-state index contributed by atoms with van der Waals surface area (Å²) in [5.74, 6) is 0.438. The Morgan fingerprint density at radius 3 is 2.65 bits per heavy atom.